The van der Waals surface area contributed by atoms with E-state index in [4.69, 9.17) is 9.47 Å². The highest BCUT2D eigenvalue weighted by molar-refractivity contribution is 7.99. The maximum Gasteiger partial charge on any atom is 0.407 e. The summed E-state index contributed by atoms with van der Waals surface area (Å²) in [7, 11) is -7.63. The van der Waals surface area contributed by atoms with Gasteiger partial charge in [0.1, 0.15) is 6.10 Å². The van der Waals surface area contributed by atoms with Crippen LogP contribution in [0.15, 0.2) is 0 Å². The normalized spacial score (nSPS) is 13.9. The van der Waals surface area contributed by atoms with Crippen LogP contribution in [0.5, 0.6) is 0 Å². The number of rotatable bonds is 23. The molecule has 35 heavy (non-hydrogen) atoms. The Labute approximate surface area is 214 Å². The molecule has 0 aliphatic heterocycles. The summed E-state index contributed by atoms with van der Waals surface area (Å²) in [5.74, 6) is 0. The minimum atomic E-state index is -4.67. The van der Waals surface area contributed by atoms with Crippen molar-refractivity contribution in [3.05, 3.63) is 0 Å². The van der Waals surface area contributed by atoms with E-state index in [1.54, 1.807) is 0 Å². The lowest BCUT2D eigenvalue weighted by Crippen LogP contribution is -2.41. The third kappa shape index (κ3) is 19.9. The van der Waals surface area contributed by atoms with Crippen LogP contribution in [0.2, 0.25) is 0 Å². The molecule has 0 radical (unpaired) electrons. The number of carbonyl (C=O) groups is 1. The van der Waals surface area contributed by atoms with Gasteiger partial charge in [0.2, 0.25) is 5.44 Å². The summed E-state index contributed by atoms with van der Waals surface area (Å²) in [6, 6.07) is 0. The summed E-state index contributed by atoms with van der Waals surface area (Å²) in [6.45, 7) is 3.63. The molecule has 9 nitrogen and oxygen atoms in total. The number of ether oxygens (including phenoxy) is 2. The molecule has 0 aromatic heterocycles. The number of hydrogen-bond donors (Lipinski definition) is 1. The van der Waals surface area contributed by atoms with Crippen LogP contribution in [0.4, 0.5) is 4.79 Å². The van der Waals surface area contributed by atoms with E-state index in [0.717, 1.165) is 19.3 Å². The van der Waals surface area contributed by atoms with Gasteiger partial charge in [-0.3, -0.25) is 0 Å². The zero-order valence-electron chi connectivity index (χ0n) is 22.3. The molecule has 0 fully saturated rings. The second kappa shape index (κ2) is 20.2. The Morgan fingerprint density at radius 2 is 1.14 bits per heavy atom. The maximum absolute atomic E-state index is 12.3. The van der Waals surface area contributed by atoms with Gasteiger partial charge in [-0.25, -0.2) is 4.79 Å². The first-order valence-corrected chi connectivity index (χ1v) is 16.5. The molecule has 210 valence electrons. The first kappa shape index (κ1) is 34.1. The monoisotopic (exact) mass is 543 g/mol. The van der Waals surface area contributed by atoms with Gasteiger partial charge in [-0.05, 0) is 13.3 Å². The molecule has 0 spiro atoms. The predicted molar refractivity (Wildman–Crippen MR) is 139 cm³/mol. The third-order valence-corrected chi connectivity index (χ3v) is 8.50. The molecule has 0 bridgehead atoms. The minimum absolute atomic E-state index is 0.0803. The van der Waals surface area contributed by atoms with E-state index in [2.05, 4.69) is 15.9 Å². The van der Waals surface area contributed by atoms with Crippen LogP contribution in [-0.2, 0) is 33.3 Å². The van der Waals surface area contributed by atoms with Crippen LogP contribution in [0.25, 0.3) is 0 Å². The zero-order valence-corrected chi connectivity index (χ0v) is 23.9. The molecule has 2 unspecified atom stereocenters. The molecule has 1 amide bonds. The summed E-state index contributed by atoms with van der Waals surface area (Å²) in [6.07, 6.45) is 18.0. The van der Waals surface area contributed by atoms with Crippen molar-refractivity contribution >= 4 is 26.3 Å². The number of hydrogen-bond acceptors (Lipinski definition) is 8. The standard InChI is InChI=1S/C24H49NO8S2/c1-5-6-7-8-9-10-11-12-13-14-15-16-17-18-19-20-21-31-23(22(2)32-24(26)25-3)35(29,30)33-34(4,27)28/h22-23H,5-21H2,1-4H3,(H,25,26). The molecule has 0 aromatic rings. The smallest absolute Gasteiger partial charge is 0.407 e. The predicted octanol–water partition coefficient (Wildman–Crippen LogP) is 5.64. The minimum Gasteiger partial charge on any atom is -0.443 e. The van der Waals surface area contributed by atoms with Crippen molar-refractivity contribution in [1.29, 1.82) is 0 Å². The van der Waals surface area contributed by atoms with Gasteiger partial charge in [-0.15, -0.1) is 3.63 Å². The Balaban J connectivity index is 4.02. The summed E-state index contributed by atoms with van der Waals surface area (Å²) < 4.78 is 61.8. The number of alkyl carbamates (subject to hydrolysis) is 1. The van der Waals surface area contributed by atoms with E-state index in [-0.39, 0.29) is 6.61 Å². The summed E-state index contributed by atoms with van der Waals surface area (Å²) in [5, 5.41) is 2.21. The van der Waals surface area contributed by atoms with E-state index in [9.17, 15) is 21.6 Å². The van der Waals surface area contributed by atoms with Crippen LogP contribution >= 0.6 is 0 Å². The molecule has 0 rings (SSSR count). The lowest BCUT2D eigenvalue weighted by molar-refractivity contribution is 0.00129. The van der Waals surface area contributed by atoms with Crippen molar-refractivity contribution in [2.75, 3.05) is 19.9 Å². The van der Waals surface area contributed by atoms with Gasteiger partial charge in [-0.1, -0.05) is 103 Å². The molecule has 0 heterocycles. The van der Waals surface area contributed by atoms with Gasteiger partial charge in [0, 0.05) is 13.7 Å². The molecule has 0 aliphatic carbocycles. The van der Waals surface area contributed by atoms with Crippen LogP contribution in [-0.4, -0.2) is 54.4 Å². The van der Waals surface area contributed by atoms with E-state index in [1.165, 1.54) is 91.0 Å². The number of unbranched alkanes of at least 4 members (excludes halogenated alkanes) is 15. The van der Waals surface area contributed by atoms with Gasteiger partial charge in [0.15, 0.2) is 0 Å². The van der Waals surface area contributed by atoms with E-state index < -0.39 is 37.9 Å². The van der Waals surface area contributed by atoms with E-state index >= 15 is 0 Å². The van der Waals surface area contributed by atoms with Gasteiger partial charge >= 0.3 is 16.2 Å². The van der Waals surface area contributed by atoms with Gasteiger partial charge in [0.25, 0.3) is 10.1 Å². The zero-order chi connectivity index (χ0) is 26.6. The number of amides is 1. The quantitative estimate of drug-likeness (QED) is 0.164. The lowest BCUT2D eigenvalue weighted by Gasteiger charge is -2.23. The first-order chi connectivity index (χ1) is 16.5. The van der Waals surface area contributed by atoms with Crippen molar-refractivity contribution in [3.63, 3.8) is 0 Å². The van der Waals surface area contributed by atoms with Crippen molar-refractivity contribution < 1.29 is 34.7 Å². The largest absolute Gasteiger partial charge is 0.443 e. The summed E-state index contributed by atoms with van der Waals surface area (Å²) in [4.78, 5) is 11.4. The average molecular weight is 544 g/mol. The Morgan fingerprint density at radius 1 is 0.743 bits per heavy atom. The van der Waals surface area contributed by atoms with Crippen LogP contribution < -0.4 is 5.32 Å². The molecule has 1 N–H and O–H groups in total. The van der Waals surface area contributed by atoms with E-state index in [0.29, 0.717) is 12.7 Å². The number of carbonyl (C=O) groups excluding carboxylic acids is 1. The molecular weight excluding hydrogens is 494 g/mol. The van der Waals surface area contributed by atoms with Gasteiger partial charge in [0.05, 0.1) is 6.26 Å². The van der Waals surface area contributed by atoms with Crippen molar-refractivity contribution in [2.45, 2.75) is 128 Å². The van der Waals surface area contributed by atoms with Crippen LogP contribution in [0, 0.1) is 0 Å². The van der Waals surface area contributed by atoms with Crippen molar-refractivity contribution in [1.82, 2.24) is 5.32 Å². The summed E-state index contributed by atoms with van der Waals surface area (Å²) in [5.41, 5.74) is -1.74. The van der Waals surface area contributed by atoms with E-state index in [1.807, 2.05) is 0 Å². The number of nitrogens with one attached hydrogen (secondary N) is 1. The van der Waals surface area contributed by atoms with Gasteiger partial charge < -0.3 is 14.8 Å². The maximum atomic E-state index is 12.3. The molecule has 2 atom stereocenters. The highest BCUT2D eigenvalue weighted by atomic mass is 32.3. The fourth-order valence-electron chi connectivity index (χ4n) is 3.80. The molecule has 0 saturated heterocycles. The Morgan fingerprint density at radius 3 is 1.51 bits per heavy atom. The molecular formula is C24H49NO8S2. The first-order valence-electron chi connectivity index (χ1n) is 13.2. The molecule has 11 heteroatoms. The second-order valence-electron chi connectivity index (χ2n) is 9.17. The van der Waals surface area contributed by atoms with Crippen LogP contribution in [0.1, 0.15) is 117 Å². The Kier molecular flexibility index (Phi) is 19.7. The van der Waals surface area contributed by atoms with Crippen LogP contribution in [0.3, 0.4) is 0 Å². The van der Waals surface area contributed by atoms with Crippen molar-refractivity contribution in [2.24, 2.45) is 0 Å². The van der Waals surface area contributed by atoms with Gasteiger partial charge in [-0.2, -0.15) is 16.8 Å². The van der Waals surface area contributed by atoms with Crippen molar-refractivity contribution in [3.8, 4) is 0 Å². The Hall–Kier alpha value is -0.910. The molecule has 0 aromatic carbocycles. The summed E-state index contributed by atoms with van der Waals surface area (Å²) >= 11 is 0. The SMILES string of the molecule is CCCCCCCCCCCCCCCCCCOC(C(C)OC(=O)NC)S(=O)(=O)OS(C)(=O)=O. The highest BCUT2D eigenvalue weighted by Gasteiger charge is 2.38. The Bertz CT molecular complexity index is 741. The highest BCUT2D eigenvalue weighted by Crippen LogP contribution is 2.18. The molecule has 0 aliphatic rings. The fraction of sp³-hybridized carbons (Fsp3) is 0.958. The third-order valence-electron chi connectivity index (χ3n) is 5.66. The topological polar surface area (TPSA) is 125 Å². The second-order valence-corrected chi connectivity index (χ2v) is 12.6. The average Bonchev–Trinajstić information content (AvgIpc) is 2.76. The lowest BCUT2D eigenvalue weighted by atomic mass is 10.0. The fourth-order valence-corrected chi connectivity index (χ4v) is 6.27. The molecule has 0 saturated carbocycles.